The van der Waals surface area contributed by atoms with Crippen LogP contribution in [-0.4, -0.2) is 11.7 Å². The lowest BCUT2D eigenvalue weighted by Gasteiger charge is -2.19. The van der Waals surface area contributed by atoms with Gasteiger partial charge < -0.3 is 0 Å². The van der Waals surface area contributed by atoms with Gasteiger partial charge in [-0.15, -0.1) is 11.6 Å². The van der Waals surface area contributed by atoms with Gasteiger partial charge in [-0.05, 0) is 24.3 Å². The summed E-state index contributed by atoms with van der Waals surface area (Å²) in [5.41, 5.74) is -0.101. The molecule has 0 amide bonds. The van der Waals surface area contributed by atoms with Crippen molar-refractivity contribution in [1.82, 2.24) is 0 Å². The van der Waals surface area contributed by atoms with Crippen molar-refractivity contribution in [3.05, 3.63) is 35.6 Å². The fourth-order valence-corrected chi connectivity index (χ4v) is 1.17. The van der Waals surface area contributed by atoms with Crippen LogP contribution in [0.5, 0.6) is 0 Å². The summed E-state index contributed by atoms with van der Waals surface area (Å²) in [5.74, 6) is -0.152. The van der Waals surface area contributed by atoms with E-state index in [1.807, 2.05) is 0 Å². The molecule has 0 unspecified atom stereocenters. The van der Waals surface area contributed by atoms with Crippen molar-refractivity contribution < 1.29 is 9.18 Å². The SMILES string of the molecule is CC(C)(CCl)C(=O)c1ccc(F)cc1. The van der Waals surface area contributed by atoms with Crippen LogP contribution in [0.1, 0.15) is 24.2 Å². The predicted octanol–water partition coefficient (Wildman–Crippen LogP) is 3.27. The molecule has 0 bridgehead atoms. The van der Waals surface area contributed by atoms with Crippen LogP contribution < -0.4 is 0 Å². The normalized spacial score (nSPS) is 11.4. The maximum Gasteiger partial charge on any atom is 0.169 e. The first kappa shape index (κ1) is 11.2. The molecule has 0 fully saturated rings. The van der Waals surface area contributed by atoms with Crippen LogP contribution in [0, 0.1) is 11.2 Å². The number of Topliss-reactive ketones (excluding diaryl/α,β-unsaturated/α-hetero) is 1. The quantitative estimate of drug-likeness (QED) is 0.558. The molecule has 0 radical (unpaired) electrons. The van der Waals surface area contributed by atoms with Crippen molar-refractivity contribution in [3.63, 3.8) is 0 Å². The smallest absolute Gasteiger partial charge is 0.169 e. The number of benzene rings is 1. The lowest BCUT2D eigenvalue weighted by Crippen LogP contribution is -2.26. The highest BCUT2D eigenvalue weighted by molar-refractivity contribution is 6.20. The zero-order chi connectivity index (χ0) is 10.8. The van der Waals surface area contributed by atoms with Gasteiger partial charge in [-0.1, -0.05) is 13.8 Å². The third kappa shape index (κ3) is 2.32. The number of hydrogen-bond donors (Lipinski definition) is 0. The molecule has 76 valence electrons. The van der Waals surface area contributed by atoms with Gasteiger partial charge in [-0.2, -0.15) is 0 Å². The number of rotatable bonds is 3. The van der Waals surface area contributed by atoms with E-state index in [-0.39, 0.29) is 17.5 Å². The minimum Gasteiger partial charge on any atom is -0.294 e. The first-order valence-electron chi connectivity index (χ1n) is 4.34. The molecule has 0 heterocycles. The summed E-state index contributed by atoms with van der Waals surface area (Å²) in [5, 5.41) is 0. The highest BCUT2D eigenvalue weighted by Crippen LogP contribution is 2.23. The first-order chi connectivity index (χ1) is 6.47. The van der Waals surface area contributed by atoms with E-state index < -0.39 is 5.41 Å². The molecule has 0 aromatic heterocycles. The Kier molecular flexibility index (Phi) is 3.27. The summed E-state index contributed by atoms with van der Waals surface area (Å²) < 4.78 is 12.6. The summed E-state index contributed by atoms with van der Waals surface area (Å²) in [6.45, 7) is 3.54. The summed E-state index contributed by atoms with van der Waals surface area (Å²) in [6, 6.07) is 5.51. The zero-order valence-corrected chi connectivity index (χ0v) is 8.94. The molecule has 1 aromatic carbocycles. The number of halogens is 2. The van der Waals surface area contributed by atoms with E-state index in [1.54, 1.807) is 13.8 Å². The van der Waals surface area contributed by atoms with E-state index in [0.717, 1.165) is 0 Å². The monoisotopic (exact) mass is 214 g/mol. The summed E-state index contributed by atoms with van der Waals surface area (Å²) in [7, 11) is 0. The van der Waals surface area contributed by atoms with E-state index in [2.05, 4.69) is 0 Å². The summed E-state index contributed by atoms with van der Waals surface area (Å²) >= 11 is 5.67. The maximum absolute atomic E-state index is 12.6. The fraction of sp³-hybridized carbons (Fsp3) is 0.364. The van der Waals surface area contributed by atoms with Gasteiger partial charge in [0, 0.05) is 16.9 Å². The number of carbonyl (C=O) groups excluding carboxylic acids is 1. The molecule has 0 spiro atoms. The lowest BCUT2D eigenvalue weighted by molar-refractivity contribution is 0.0862. The molecule has 0 aliphatic carbocycles. The fourth-order valence-electron chi connectivity index (χ4n) is 1.05. The van der Waals surface area contributed by atoms with Gasteiger partial charge in [0.15, 0.2) is 5.78 Å². The topological polar surface area (TPSA) is 17.1 Å². The Morgan fingerprint density at radius 3 is 2.29 bits per heavy atom. The highest BCUT2D eigenvalue weighted by atomic mass is 35.5. The standard InChI is InChI=1S/C11H12ClFO/c1-11(2,7-12)10(14)8-3-5-9(13)6-4-8/h3-6H,7H2,1-2H3. The lowest BCUT2D eigenvalue weighted by atomic mass is 9.86. The van der Waals surface area contributed by atoms with Crippen LogP contribution in [0.3, 0.4) is 0 Å². The Labute approximate surface area is 87.9 Å². The highest BCUT2D eigenvalue weighted by Gasteiger charge is 2.27. The van der Waals surface area contributed by atoms with Crippen molar-refractivity contribution in [2.45, 2.75) is 13.8 Å². The van der Waals surface area contributed by atoms with Crippen LogP contribution in [0.25, 0.3) is 0 Å². The molecular weight excluding hydrogens is 203 g/mol. The average Bonchev–Trinajstić information content (AvgIpc) is 2.18. The molecule has 14 heavy (non-hydrogen) atoms. The van der Waals surface area contributed by atoms with Gasteiger partial charge in [0.05, 0.1) is 0 Å². The number of hydrogen-bond acceptors (Lipinski definition) is 1. The van der Waals surface area contributed by atoms with E-state index in [9.17, 15) is 9.18 Å². The van der Waals surface area contributed by atoms with Gasteiger partial charge >= 0.3 is 0 Å². The predicted molar refractivity (Wildman–Crippen MR) is 55.2 cm³/mol. The van der Waals surface area contributed by atoms with Gasteiger partial charge in [0.25, 0.3) is 0 Å². The Hall–Kier alpha value is -0.890. The van der Waals surface area contributed by atoms with E-state index in [1.165, 1.54) is 24.3 Å². The van der Waals surface area contributed by atoms with Gasteiger partial charge in [0.1, 0.15) is 5.82 Å². The van der Waals surface area contributed by atoms with E-state index in [0.29, 0.717) is 5.56 Å². The van der Waals surface area contributed by atoms with Crippen LogP contribution in [-0.2, 0) is 0 Å². The van der Waals surface area contributed by atoms with Crippen molar-refractivity contribution in [3.8, 4) is 0 Å². The molecule has 0 N–H and O–H groups in total. The molecule has 0 saturated heterocycles. The van der Waals surface area contributed by atoms with Gasteiger partial charge in [-0.25, -0.2) is 4.39 Å². The Morgan fingerprint density at radius 1 is 1.36 bits per heavy atom. The third-order valence-electron chi connectivity index (χ3n) is 2.06. The number of carbonyl (C=O) groups is 1. The largest absolute Gasteiger partial charge is 0.294 e. The molecule has 0 atom stereocenters. The minimum absolute atomic E-state index is 0.0625. The molecule has 0 aliphatic heterocycles. The zero-order valence-electron chi connectivity index (χ0n) is 8.18. The third-order valence-corrected chi connectivity index (χ3v) is 2.72. The molecule has 1 rings (SSSR count). The summed E-state index contributed by atoms with van der Waals surface area (Å²) in [4.78, 5) is 11.8. The van der Waals surface area contributed by atoms with E-state index >= 15 is 0 Å². The van der Waals surface area contributed by atoms with Crippen molar-refractivity contribution in [2.24, 2.45) is 5.41 Å². The van der Waals surface area contributed by atoms with E-state index in [4.69, 9.17) is 11.6 Å². The Morgan fingerprint density at radius 2 is 1.86 bits per heavy atom. The molecule has 1 nitrogen and oxygen atoms in total. The molecule has 0 aliphatic rings. The van der Waals surface area contributed by atoms with Crippen LogP contribution in [0.15, 0.2) is 24.3 Å². The maximum atomic E-state index is 12.6. The summed E-state index contributed by atoms with van der Waals surface area (Å²) in [6.07, 6.45) is 0. The Bertz CT molecular complexity index is 330. The Balaban J connectivity index is 2.96. The van der Waals surface area contributed by atoms with Crippen molar-refractivity contribution >= 4 is 17.4 Å². The molecule has 0 saturated carbocycles. The van der Waals surface area contributed by atoms with Gasteiger partial charge in [0.2, 0.25) is 0 Å². The number of ketones is 1. The second-order valence-corrected chi connectivity index (χ2v) is 4.12. The first-order valence-corrected chi connectivity index (χ1v) is 4.87. The second-order valence-electron chi connectivity index (χ2n) is 3.85. The molecule has 3 heteroatoms. The van der Waals surface area contributed by atoms with Crippen LogP contribution >= 0.6 is 11.6 Å². The van der Waals surface area contributed by atoms with Crippen molar-refractivity contribution in [2.75, 3.05) is 5.88 Å². The molecule has 1 aromatic rings. The minimum atomic E-state index is -0.598. The second kappa shape index (κ2) is 4.09. The van der Waals surface area contributed by atoms with Gasteiger partial charge in [-0.3, -0.25) is 4.79 Å². The van der Waals surface area contributed by atoms with Crippen LogP contribution in [0.4, 0.5) is 4.39 Å². The van der Waals surface area contributed by atoms with Crippen molar-refractivity contribution in [1.29, 1.82) is 0 Å². The molecular formula is C11H12ClFO. The van der Waals surface area contributed by atoms with Crippen LogP contribution in [0.2, 0.25) is 0 Å². The average molecular weight is 215 g/mol. The number of alkyl halides is 1.